The van der Waals surface area contributed by atoms with Crippen LogP contribution in [-0.2, 0) is 14.6 Å². The summed E-state index contributed by atoms with van der Waals surface area (Å²) in [5.74, 6) is -0.446. The van der Waals surface area contributed by atoms with E-state index in [-0.39, 0.29) is 11.5 Å². The van der Waals surface area contributed by atoms with E-state index in [4.69, 9.17) is 0 Å². The second-order valence-corrected chi connectivity index (χ2v) is 7.74. The molecule has 1 N–H and O–H groups in total. The first kappa shape index (κ1) is 16.4. The highest BCUT2D eigenvalue weighted by Crippen LogP contribution is 2.34. The van der Waals surface area contributed by atoms with Crippen LogP contribution in [0.25, 0.3) is 0 Å². The third-order valence-corrected chi connectivity index (χ3v) is 5.80. The number of likely N-dealkylation sites (tertiary alicyclic amines) is 1. The lowest BCUT2D eigenvalue weighted by molar-refractivity contribution is -0.150. The number of nitrogens with zero attached hydrogens (tertiary/aromatic N) is 1. The molecule has 0 radical (unpaired) electrons. The van der Waals surface area contributed by atoms with E-state index in [1.807, 2.05) is 11.8 Å². The van der Waals surface area contributed by atoms with Crippen molar-refractivity contribution in [3.8, 4) is 0 Å². The molecular weight excluding hydrogens is 266 g/mol. The molecule has 1 saturated heterocycles. The van der Waals surface area contributed by atoms with Gasteiger partial charge in [-0.3, -0.25) is 9.69 Å². The predicted molar refractivity (Wildman–Crippen MR) is 75.0 cm³/mol. The molecule has 1 rings (SSSR count). The lowest BCUT2D eigenvalue weighted by atomic mass is 9.90. The largest absolute Gasteiger partial charge is 0.480 e. The van der Waals surface area contributed by atoms with Crippen molar-refractivity contribution < 1.29 is 18.3 Å². The second kappa shape index (κ2) is 6.70. The van der Waals surface area contributed by atoms with Crippen molar-refractivity contribution in [2.45, 2.75) is 51.5 Å². The molecule has 0 amide bonds. The predicted octanol–water partition coefficient (Wildman–Crippen LogP) is 1.53. The van der Waals surface area contributed by atoms with E-state index in [1.165, 1.54) is 0 Å². The van der Waals surface area contributed by atoms with E-state index in [9.17, 15) is 18.3 Å². The average Bonchev–Trinajstić information content (AvgIpc) is 2.74. The lowest BCUT2D eigenvalue weighted by Gasteiger charge is -2.34. The third kappa shape index (κ3) is 3.92. The van der Waals surface area contributed by atoms with Crippen LogP contribution < -0.4 is 0 Å². The van der Waals surface area contributed by atoms with Crippen LogP contribution in [0, 0.1) is 0 Å². The zero-order valence-corrected chi connectivity index (χ0v) is 12.7. The molecule has 6 heteroatoms. The molecule has 0 saturated carbocycles. The minimum Gasteiger partial charge on any atom is -0.480 e. The summed E-state index contributed by atoms with van der Waals surface area (Å²) in [5, 5.41) is 9.51. The first-order chi connectivity index (χ1) is 8.88. The van der Waals surface area contributed by atoms with Gasteiger partial charge in [0, 0.05) is 12.3 Å². The van der Waals surface area contributed by atoms with Crippen molar-refractivity contribution in [3.63, 3.8) is 0 Å². The zero-order chi connectivity index (χ0) is 14.5. The summed E-state index contributed by atoms with van der Waals surface area (Å²) in [7, 11) is -2.96. The molecule has 1 aliphatic heterocycles. The van der Waals surface area contributed by atoms with Crippen molar-refractivity contribution in [2.75, 3.05) is 24.6 Å². The Labute approximate surface area is 115 Å². The Balaban J connectivity index is 2.63. The number of rotatable bonds is 8. The van der Waals surface area contributed by atoms with Crippen LogP contribution >= 0.6 is 0 Å². The molecule has 0 aromatic carbocycles. The Bertz CT molecular complexity index is 407. The Morgan fingerprint density at radius 1 is 1.37 bits per heavy atom. The fourth-order valence-electron chi connectivity index (χ4n) is 2.93. The summed E-state index contributed by atoms with van der Waals surface area (Å²) in [5.41, 5.74) is -0.759. The maximum atomic E-state index is 11.6. The molecule has 0 bridgehead atoms. The van der Waals surface area contributed by atoms with Gasteiger partial charge in [-0.15, -0.1) is 0 Å². The van der Waals surface area contributed by atoms with E-state index in [0.29, 0.717) is 25.8 Å². The SMILES string of the molecule is CCCC1(C(=O)O)CCCN1CCCS(=O)(=O)CC. The highest BCUT2D eigenvalue weighted by atomic mass is 32.2. The minimum atomic E-state index is -2.96. The smallest absolute Gasteiger partial charge is 0.324 e. The Morgan fingerprint density at radius 3 is 2.58 bits per heavy atom. The van der Waals surface area contributed by atoms with Crippen molar-refractivity contribution in [1.82, 2.24) is 4.90 Å². The van der Waals surface area contributed by atoms with E-state index < -0.39 is 21.3 Å². The van der Waals surface area contributed by atoms with Gasteiger partial charge in [0.2, 0.25) is 0 Å². The van der Waals surface area contributed by atoms with Gasteiger partial charge in [-0.1, -0.05) is 20.3 Å². The molecule has 0 aromatic rings. The number of sulfone groups is 1. The van der Waals surface area contributed by atoms with Crippen molar-refractivity contribution in [2.24, 2.45) is 0 Å². The van der Waals surface area contributed by atoms with Gasteiger partial charge in [0.05, 0.1) is 5.75 Å². The fraction of sp³-hybridized carbons (Fsp3) is 0.923. The van der Waals surface area contributed by atoms with Gasteiger partial charge in [0.15, 0.2) is 0 Å². The van der Waals surface area contributed by atoms with Crippen LogP contribution in [0.5, 0.6) is 0 Å². The summed E-state index contributed by atoms with van der Waals surface area (Å²) in [6, 6.07) is 0. The molecule has 112 valence electrons. The van der Waals surface area contributed by atoms with Gasteiger partial charge in [-0.05, 0) is 32.2 Å². The summed E-state index contributed by atoms with van der Waals surface area (Å²) in [6.07, 6.45) is 3.55. The minimum absolute atomic E-state index is 0.155. The summed E-state index contributed by atoms with van der Waals surface area (Å²) >= 11 is 0. The van der Waals surface area contributed by atoms with Crippen molar-refractivity contribution >= 4 is 15.8 Å². The van der Waals surface area contributed by atoms with E-state index >= 15 is 0 Å². The van der Waals surface area contributed by atoms with Crippen LogP contribution in [-0.4, -0.2) is 54.5 Å². The molecule has 1 fully saturated rings. The molecule has 1 atom stereocenters. The van der Waals surface area contributed by atoms with Gasteiger partial charge in [0.1, 0.15) is 15.4 Å². The molecule has 1 aliphatic rings. The zero-order valence-electron chi connectivity index (χ0n) is 11.9. The topological polar surface area (TPSA) is 74.7 Å². The summed E-state index contributed by atoms with van der Waals surface area (Å²) < 4.78 is 22.9. The number of hydrogen-bond acceptors (Lipinski definition) is 4. The maximum absolute atomic E-state index is 11.6. The van der Waals surface area contributed by atoms with Gasteiger partial charge in [0.25, 0.3) is 0 Å². The van der Waals surface area contributed by atoms with Gasteiger partial charge in [-0.2, -0.15) is 0 Å². The molecule has 0 aliphatic carbocycles. The number of carboxylic acid groups (broad SMARTS) is 1. The van der Waals surface area contributed by atoms with Crippen LogP contribution in [0.3, 0.4) is 0 Å². The van der Waals surface area contributed by atoms with E-state index in [0.717, 1.165) is 19.4 Å². The molecule has 1 heterocycles. The normalized spacial score (nSPS) is 24.7. The number of carbonyl (C=O) groups is 1. The summed E-state index contributed by atoms with van der Waals surface area (Å²) in [6.45, 7) is 4.95. The molecule has 19 heavy (non-hydrogen) atoms. The van der Waals surface area contributed by atoms with Gasteiger partial charge in [-0.25, -0.2) is 8.42 Å². The molecule has 5 nitrogen and oxygen atoms in total. The third-order valence-electron chi connectivity index (χ3n) is 4.01. The second-order valence-electron chi connectivity index (χ2n) is 5.27. The van der Waals surface area contributed by atoms with Crippen LogP contribution in [0.1, 0.15) is 46.0 Å². The molecular formula is C13H25NO4S. The molecule has 0 spiro atoms. The van der Waals surface area contributed by atoms with Crippen molar-refractivity contribution in [1.29, 1.82) is 0 Å². The first-order valence-corrected chi connectivity index (χ1v) is 8.89. The number of aliphatic carboxylic acids is 1. The number of hydrogen-bond donors (Lipinski definition) is 1. The first-order valence-electron chi connectivity index (χ1n) is 7.07. The van der Waals surface area contributed by atoms with E-state index in [2.05, 4.69) is 0 Å². The van der Waals surface area contributed by atoms with Crippen LogP contribution in [0.2, 0.25) is 0 Å². The van der Waals surface area contributed by atoms with Gasteiger partial charge >= 0.3 is 5.97 Å². The summed E-state index contributed by atoms with van der Waals surface area (Å²) in [4.78, 5) is 13.6. The Kier molecular flexibility index (Phi) is 5.80. The Morgan fingerprint density at radius 2 is 2.05 bits per heavy atom. The fourth-order valence-corrected chi connectivity index (χ4v) is 3.78. The quantitative estimate of drug-likeness (QED) is 0.734. The van der Waals surface area contributed by atoms with Crippen LogP contribution in [0.4, 0.5) is 0 Å². The average molecular weight is 291 g/mol. The monoisotopic (exact) mass is 291 g/mol. The maximum Gasteiger partial charge on any atom is 0.324 e. The lowest BCUT2D eigenvalue weighted by Crippen LogP contribution is -2.50. The van der Waals surface area contributed by atoms with Gasteiger partial charge < -0.3 is 5.11 Å². The highest BCUT2D eigenvalue weighted by molar-refractivity contribution is 7.91. The van der Waals surface area contributed by atoms with Crippen molar-refractivity contribution in [3.05, 3.63) is 0 Å². The Hall–Kier alpha value is -0.620. The molecule has 1 unspecified atom stereocenters. The van der Waals surface area contributed by atoms with Crippen LogP contribution in [0.15, 0.2) is 0 Å². The number of carboxylic acids is 1. The molecule has 0 aromatic heterocycles. The standard InChI is InChI=1S/C13H25NO4S/c1-3-7-13(12(15)16)8-5-9-14(13)10-6-11-19(17,18)4-2/h3-11H2,1-2H3,(H,15,16). The van der Waals surface area contributed by atoms with E-state index in [1.54, 1.807) is 6.92 Å². The highest BCUT2D eigenvalue weighted by Gasteiger charge is 2.46.